The number of carbonyl (C=O) groups is 1. The van der Waals surface area contributed by atoms with E-state index < -0.39 is 11.9 Å². The van der Waals surface area contributed by atoms with Gasteiger partial charge in [-0.15, -0.1) is 0 Å². The van der Waals surface area contributed by atoms with Gasteiger partial charge in [0, 0.05) is 18.1 Å². The summed E-state index contributed by atoms with van der Waals surface area (Å²) >= 11 is 6.50. The van der Waals surface area contributed by atoms with E-state index in [1.54, 1.807) is 25.1 Å². The molecule has 1 aliphatic rings. The summed E-state index contributed by atoms with van der Waals surface area (Å²) in [6.07, 6.45) is 0. The van der Waals surface area contributed by atoms with Gasteiger partial charge in [0.1, 0.15) is 34.9 Å². The number of aromatic nitrogens is 1. The number of halogens is 1. The molecule has 0 radical (unpaired) electrons. The highest BCUT2D eigenvalue weighted by Gasteiger charge is 2.38. The molecule has 1 atom stereocenters. The molecule has 0 saturated carbocycles. The number of nitrogens with two attached hydrogens (primary N) is 1. The van der Waals surface area contributed by atoms with Gasteiger partial charge >= 0.3 is 5.97 Å². The molecule has 9 heteroatoms. The van der Waals surface area contributed by atoms with E-state index in [0.29, 0.717) is 23.4 Å². The van der Waals surface area contributed by atoms with Crippen LogP contribution in [0.15, 0.2) is 47.1 Å². The summed E-state index contributed by atoms with van der Waals surface area (Å²) in [6.45, 7) is 4.25. The minimum atomic E-state index is -0.894. The zero-order valence-corrected chi connectivity index (χ0v) is 18.2. The van der Waals surface area contributed by atoms with E-state index in [0.717, 1.165) is 5.39 Å². The second-order valence-corrected chi connectivity index (χ2v) is 7.04. The number of ether oxygens (including phenoxy) is 4. The second-order valence-electron chi connectivity index (χ2n) is 6.68. The minimum absolute atomic E-state index is 0.0430. The fraction of sp³-hybridized carbons (Fsp3) is 0.318. The monoisotopic (exact) mass is 443 g/mol. The van der Waals surface area contributed by atoms with Crippen LogP contribution in [0.4, 0.5) is 0 Å². The van der Waals surface area contributed by atoms with Crippen molar-refractivity contribution in [2.24, 2.45) is 5.73 Å². The predicted octanol–water partition coefficient (Wildman–Crippen LogP) is 3.56. The average Bonchev–Trinajstić information content (AvgIpc) is 2.73. The van der Waals surface area contributed by atoms with Gasteiger partial charge in [0.2, 0.25) is 5.88 Å². The van der Waals surface area contributed by atoms with Crippen LogP contribution in [0, 0.1) is 11.3 Å². The van der Waals surface area contributed by atoms with Crippen molar-refractivity contribution in [1.29, 1.82) is 5.26 Å². The zero-order chi connectivity index (χ0) is 22.5. The van der Waals surface area contributed by atoms with Crippen molar-refractivity contribution >= 4 is 28.5 Å². The van der Waals surface area contributed by atoms with Crippen molar-refractivity contribution in [3.8, 4) is 11.8 Å². The Morgan fingerprint density at radius 1 is 1.35 bits per heavy atom. The SMILES string of the molecule is CCOc1ccc2nc(Cl)c([C@@H]3C(C#N)=C(N)OC(C)=C3C(=O)OCCOC)cc2c1. The lowest BCUT2D eigenvalue weighted by molar-refractivity contribution is -0.140. The molecule has 8 nitrogen and oxygen atoms in total. The summed E-state index contributed by atoms with van der Waals surface area (Å²) in [6, 6.07) is 9.20. The van der Waals surface area contributed by atoms with Crippen LogP contribution in [0.3, 0.4) is 0 Å². The molecule has 3 rings (SSSR count). The number of esters is 1. The van der Waals surface area contributed by atoms with Gasteiger partial charge in [0.15, 0.2) is 0 Å². The Hall–Kier alpha value is -3.28. The molecule has 31 heavy (non-hydrogen) atoms. The van der Waals surface area contributed by atoms with Gasteiger partial charge in [-0.1, -0.05) is 11.6 Å². The molecule has 0 amide bonds. The number of pyridine rings is 1. The summed E-state index contributed by atoms with van der Waals surface area (Å²) in [5, 5.41) is 10.6. The maximum absolute atomic E-state index is 12.9. The van der Waals surface area contributed by atoms with E-state index in [2.05, 4.69) is 4.98 Å². The van der Waals surface area contributed by atoms with Crippen molar-refractivity contribution in [3.63, 3.8) is 0 Å². The highest BCUT2D eigenvalue weighted by molar-refractivity contribution is 6.30. The van der Waals surface area contributed by atoms with E-state index in [4.69, 9.17) is 36.3 Å². The van der Waals surface area contributed by atoms with Gasteiger partial charge in [-0.25, -0.2) is 9.78 Å². The van der Waals surface area contributed by atoms with Gasteiger partial charge in [-0.3, -0.25) is 0 Å². The van der Waals surface area contributed by atoms with Gasteiger partial charge < -0.3 is 24.7 Å². The summed E-state index contributed by atoms with van der Waals surface area (Å²) in [4.78, 5) is 17.3. The standard InChI is InChI=1S/C22H22ClN3O5/c1-4-29-14-5-6-17-13(9-14)10-15(20(23)26-17)19-16(11-24)21(25)31-12(2)18(19)22(27)30-8-7-28-3/h5-6,9-10,19H,4,7-8,25H2,1-3H3/t19-/m1/s1. The number of hydrogen-bond acceptors (Lipinski definition) is 8. The van der Waals surface area contributed by atoms with E-state index in [1.165, 1.54) is 7.11 Å². The summed E-state index contributed by atoms with van der Waals surface area (Å²) in [5.41, 5.74) is 7.22. The van der Waals surface area contributed by atoms with Gasteiger partial charge in [-0.05, 0) is 38.1 Å². The average molecular weight is 444 g/mol. The third kappa shape index (κ3) is 4.58. The molecule has 2 N–H and O–H groups in total. The first-order chi connectivity index (χ1) is 14.9. The Morgan fingerprint density at radius 3 is 2.81 bits per heavy atom. The van der Waals surface area contributed by atoms with Crippen LogP contribution >= 0.6 is 11.6 Å². The van der Waals surface area contributed by atoms with Crippen LogP contribution in [0.25, 0.3) is 10.9 Å². The molecular weight excluding hydrogens is 422 g/mol. The van der Waals surface area contributed by atoms with Crippen LogP contribution < -0.4 is 10.5 Å². The largest absolute Gasteiger partial charge is 0.494 e. The van der Waals surface area contributed by atoms with Crippen LogP contribution in [0.5, 0.6) is 5.75 Å². The van der Waals surface area contributed by atoms with Crippen molar-refractivity contribution < 1.29 is 23.7 Å². The minimum Gasteiger partial charge on any atom is -0.494 e. The molecule has 0 fully saturated rings. The number of hydrogen-bond donors (Lipinski definition) is 1. The topological polar surface area (TPSA) is 117 Å². The molecule has 0 unspecified atom stereocenters. The van der Waals surface area contributed by atoms with Crippen LogP contribution in [0.1, 0.15) is 25.3 Å². The smallest absolute Gasteiger partial charge is 0.338 e. The third-order valence-corrected chi connectivity index (χ3v) is 5.04. The number of rotatable bonds is 7. The summed E-state index contributed by atoms with van der Waals surface area (Å²) in [7, 11) is 1.50. The first-order valence-electron chi connectivity index (χ1n) is 9.58. The maximum Gasteiger partial charge on any atom is 0.338 e. The number of carbonyl (C=O) groups excluding carboxylic acids is 1. The Kier molecular flexibility index (Phi) is 7.00. The fourth-order valence-corrected chi connectivity index (χ4v) is 3.61. The number of allylic oxidation sites excluding steroid dienone is 2. The molecule has 1 aromatic heterocycles. The van der Waals surface area contributed by atoms with Gasteiger partial charge in [0.25, 0.3) is 0 Å². The molecule has 0 saturated heterocycles. The molecule has 1 aliphatic heterocycles. The third-order valence-electron chi connectivity index (χ3n) is 4.73. The Morgan fingerprint density at radius 2 is 2.13 bits per heavy atom. The maximum atomic E-state index is 12.9. The molecule has 2 heterocycles. The summed E-state index contributed by atoms with van der Waals surface area (Å²) < 4.78 is 21.2. The van der Waals surface area contributed by atoms with E-state index in [-0.39, 0.29) is 41.2 Å². The van der Waals surface area contributed by atoms with Gasteiger partial charge in [0.05, 0.1) is 30.2 Å². The first kappa shape index (κ1) is 22.4. The van der Waals surface area contributed by atoms with Crippen LogP contribution in [-0.4, -0.2) is 37.9 Å². The quantitative estimate of drug-likeness (QED) is 0.392. The predicted molar refractivity (Wildman–Crippen MR) is 114 cm³/mol. The molecular formula is C22H22ClN3O5. The molecule has 1 aromatic carbocycles. The lowest BCUT2D eigenvalue weighted by Crippen LogP contribution is -2.26. The van der Waals surface area contributed by atoms with Crippen LogP contribution in [-0.2, 0) is 19.0 Å². The molecule has 0 aliphatic carbocycles. The van der Waals surface area contributed by atoms with Crippen molar-refractivity contribution in [3.05, 3.63) is 57.8 Å². The number of benzene rings is 1. The highest BCUT2D eigenvalue weighted by atomic mass is 35.5. The molecule has 0 bridgehead atoms. The van der Waals surface area contributed by atoms with Crippen LogP contribution in [0.2, 0.25) is 5.15 Å². The first-order valence-corrected chi connectivity index (χ1v) is 9.96. The van der Waals surface area contributed by atoms with E-state index >= 15 is 0 Å². The Bertz CT molecular complexity index is 1120. The number of nitrogens with zero attached hydrogens (tertiary/aromatic N) is 2. The number of fused-ring (bicyclic) bond motifs is 1. The lowest BCUT2D eigenvalue weighted by Gasteiger charge is -2.27. The van der Waals surface area contributed by atoms with Crippen molar-refractivity contribution in [1.82, 2.24) is 4.98 Å². The zero-order valence-electron chi connectivity index (χ0n) is 17.4. The highest BCUT2D eigenvalue weighted by Crippen LogP contribution is 2.42. The van der Waals surface area contributed by atoms with E-state index in [1.807, 2.05) is 19.1 Å². The van der Waals surface area contributed by atoms with Crippen molar-refractivity contribution in [2.75, 3.05) is 26.9 Å². The number of nitriles is 1. The molecule has 162 valence electrons. The normalized spacial score (nSPS) is 16.2. The second kappa shape index (κ2) is 9.69. The lowest BCUT2D eigenvalue weighted by atomic mass is 9.83. The van der Waals surface area contributed by atoms with E-state index in [9.17, 15) is 10.1 Å². The summed E-state index contributed by atoms with van der Waals surface area (Å²) in [5.74, 6) is -0.757. The molecule has 2 aromatic rings. The number of methoxy groups -OCH3 is 1. The van der Waals surface area contributed by atoms with Crippen molar-refractivity contribution in [2.45, 2.75) is 19.8 Å². The van der Waals surface area contributed by atoms with Gasteiger partial charge in [-0.2, -0.15) is 5.26 Å². The fourth-order valence-electron chi connectivity index (χ4n) is 3.36. The Balaban J connectivity index is 2.15. The Labute approximate surface area is 184 Å². The molecule has 0 spiro atoms.